The highest BCUT2D eigenvalue weighted by molar-refractivity contribution is 7.97. The third-order valence-corrected chi connectivity index (χ3v) is 4.75. The number of hydrogen-bond donors (Lipinski definition) is 2. The molecular weight excluding hydrogens is 406 g/mol. The Labute approximate surface area is 162 Å². The zero-order valence-corrected chi connectivity index (χ0v) is 15.9. The molecule has 2 aromatic rings. The van der Waals surface area contributed by atoms with Crippen molar-refractivity contribution in [3.8, 4) is 0 Å². The molecule has 0 aliphatic heterocycles. The summed E-state index contributed by atoms with van der Waals surface area (Å²) >= 11 is 0.814. The van der Waals surface area contributed by atoms with Gasteiger partial charge >= 0.3 is 12.4 Å². The average molecular weight is 424 g/mol. The second-order valence-corrected chi connectivity index (χ2v) is 7.07. The van der Waals surface area contributed by atoms with Crippen molar-refractivity contribution in [1.29, 1.82) is 0 Å². The lowest BCUT2D eigenvalue weighted by molar-refractivity contribution is -0.146. The fourth-order valence-electron chi connectivity index (χ4n) is 2.09. The third-order valence-electron chi connectivity index (χ3n) is 3.81. The number of hydrogen-bond acceptors (Lipinski definition) is 5. The highest BCUT2D eigenvalue weighted by Crippen LogP contribution is 2.31. The summed E-state index contributed by atoms with van der Waals surface area (Å²) in [5.41, 5.74) is 0.0665. The SMILES string of the molecule is Cc1cc(C(F)(F)F)cnc1NC(C)c1ccc(SN[C@@H](C)C(F)(F)F)cn1. The second-order valence-electron chi connectivity index (χ2n) is 6.16. The molecule has 0 fully saturated rings. The van der Waals surface area contributed by atoms with E-state index in [1.165, 1.54) is 13.1 Å². The van der Waals surface area contributed by atoms with E-state index in [-0.39, 0.29) is 6.04 Å². The van der Waals surface area contributed by atoms with Gasteiger partial charge in [-0.05, 0) is 56.5 Å². The normalized spacial score (nSPS) is 14.6. The molecule has 0 amide bonds. The molecule has 0 aliphatic rings. The zero-order valence-electron chi connectivity index (χ0n) is 15.1. The van der Waals surface area contributed by atoms with Gasteiger partial charge in [0.15, 0.2) is 0 Å². The molecule has 0 saturated heterocycles. The van der Waals surface area contributed by atoms with Crippen molar-refractivity contribution in [3.05, 3.63) is 47.4 Å². The summed E-state index contributed by atoms with van der Waals surface area (Å²) < 4.78 is 77.8. The number of halogens is 6. The van der Waals surface area contributed by atoms with Gasteiger partial charge in [-0.15, -0.1) is 0 Å². The van der Waals surface area contributed by atoms with Gasteiger partial charge in [0.05, 0.1) is 17.3 Å². The molecule has 154 valence electrons. The van der Waals surface area contributed by atoms with Crippen LogP contribution >= 0.6 is 11.9 Å². The molecule has 28 heavy (non-hydrogen) atoms. The van der Waals surface area contributed by atoms with Gasteiger partial charge in [-0.1, -0.05) is 0 Å². The van der Waals surface area contributed by atoms with Gasteiger partial charge in [-0.3, -0.25) is 4.98 Å². The molecule has 0 aliphatic carbocycles. The number of pyridine rings is 2. The first-order valence-electron chi connectivity index (χ1n) is 8.13. The summed E-state index contributed by atoms with van der Waals surface area (Å²) in [5, 5.41) is 2.98. The van der Waals surface area contributed by atoms with Gasteiger partial charge in [0.25, 0.3) is 0 Å². The molecule has 11 heteroatoms. The first-order valence-corrected chi connectivity index (χ1v) is 8.95. The lowest BCUT2D eigenvalue weighted by Crippen LogP contribution is -2.35. The van der Waals surface area contributed by atoms with Gasteiger partial charge in [0, 0.05) is 17.3 Å². The summed E-state index contributed by atoms with van der Waals surface area (Å²) in [6.07, 6.45) is -6.63. The fraction of sp³-hybridized carbons (Fsp3) is 0.412. The standard InChI is InChI=1S/C17H18F6N4S/c1-9-6-12(17(21,22)23)7-25-15(9)26-10(2)14-5-4-13(8-24-14)28-27-11(3)16(18,19)20/h4-8,10-11,27H,1-3H3,(H,25,26)/t10?,11-/m0/s1. The predicted octanol–water partition coefficient (Wildman–Crippen LogP) is 5.52. The largest absolute Gasteiger partial charge is 0.417 e. The molecule has 0 bridgehead atoms. The molecule has 2 atom stereocenters. The predicted molar refractivity (Wildman–Crippen MR) is 94.8 cm³/mol. The summed E-state index contributed by atoms with van der Waals surface area (Å²) in [5.74, 6) is 0.293. The van der Waals surface area contributed by atoms with E-state index >= 15 is 0 Å². The maximum atomic E-state index is 12.7. The van der Waals surface area contributed by atoms with Crippen LogP contribution in [0.1, 0.15) is 36.7 Å². The lowest BCUT2D eigenvalue weighted by atomic mass is 10.1. The fourth-order valence-corrected chi connectivity index (χ4v) is 2.78. The molecule has 0 radical (unpaired) electrons. The van der Waals surface area contributed by atoms with Gasteiger partial charge in [0.1, 0.15) is 11.9 Å². The number of anilines is 1. The van der Waals surface area contributed by atoms with Crippen molar-refractivity contribution in [3.63, 3.8) is 0 Å². The van der Waals surface area contributed by atoms with Crippen LogP contribution in [-0.2, 0) is 6.18 Å². The van der Waals surface area contributed by atoms with Crippen LogP contribution in [0.25, 0.3) is 0 Å². The Bertz CT molecular complexity index is 792. The highest BCUT2D eigenvalue weighted by atomic mass is 32.2. The van der Waals surface area contributed by atoms with Crippen LogP contribution in [0.2, 0.25) is 0 Å². The molecular formula is C17H18F6N4S. The first kappa shape index (κ1) is 22.3. The van der Waals surface area contributed by atoms with Crippen LogP contribution in [0, 0.1) is 6.92 Å². The molecule has 0 aromatic carbocycles. The minimum absolute atomic E-state index is 0.293. The van der Waals surface area contributed by atoms with Gasteiger partial charge in [-0.25, -0.2) is 9.71 Å². The zero-order chi connectivity index (χ0) is 21.1. The van der Waals surface area contributed by atoms with Crippen molar-refractivity contribution in [2.24, 2.45) is 0 Å². The monoisotopic (exact) mass is 424 g/mol. The third kappa shape index (κ3) is 5.99. The number of aromatic nitrogens is 2. The molecule has 2 N–H and O–H groups in total. The van der Waals surface area contributed by atoms with Crippen LogP contribution in [0.15, 0.2) is 35.5 Å². The van der Waals surface area contributed by atoms with Crippen molar-refractivity contribution < 1.29 is 26.3 Å². The average Bonchev–Trinajstić information content (AvgIpc) is 2.60. The van der Waals surface area contributed by atoms with Crippen LogP contribution in [0.4, 0.5) is 32.2 Å². The maximum absolute atomic E-state index is 12.7. The molecule has 2 aromatic heterocycles. The highest BCUT2D eigenvalue weighted by Gasteiger charge is 2.35. The minimum Gasteiger partial charge on any atom is -0.362 e. The summed E-state index contributed by atoms with van der Waals surface area (Å²) in [7, 11) is 0. The van der Waals surface area contributed by atoms with Crippen molar-refractivity contribution in [2.75, 3.05) is 5.32 Å². The molecule has 0 spiro atoms. The maximum Gasteiger partial charge on any atom is 0.417 e. The number of rotatable bonds is 6. The lowest BCUT2D eigenvalue weighted by Gasteiger charge is -2.18. The van der Waals surface area contributed by atoms with Crippen molar-refractivity contribution >= 4 is 17.8 Å². The summed E-state index contributed by atoms with van der Waals surface area (Å²) in [6, 6.07) is 2.19. The van der Waals surface area contributed by atoms with E-state index in [0.29, 0.717) is 22.0 Å². The smallest absolute Gasteiger partial charge is 0.362 e. The topological polar surface area (TPSA) is 49.8 Å². The van der Waals surface area contributed by atoms with E-state index in [1.54, 1.807) is 19.1 Å². The van der Waals surface area contributed by atoms with Crippen LogP contribution in [0.5, 0.6) is 0 Å². The van der Waals surface area contributed by atoms with Gasteiger partial charge < -0.3 is 5.32 Å². The van der Waals surface area contributed by atoms with Gasteiger partial charge in [-0.2, -0.15) is 26.3 Å². The van der Waals surface area contributed by atoms with Crippen molar-refractivity contribution in [1.82, 2.24) is 14.7 Å². The Morgan fingerprint density at radius 1 is 1.00 bits per heavy atom. The van der Waals surface area contributed by atoms with E-state index in [4.69, 9.17) is 0 Å². The Morgan fingerprint density at radius 3 is 2.18 bits per heavy atom. The second kappa shape index (κ2) is 8.56. The van der Waals surface area contributed by atoms with E-state index in [2.05, 4.69) is 20.0 Å². The Kier molecular flexibility index (Phi) is 6.81. The van der Waals surface area contributed by atoms with Crippen LogP contribution in [-0.4, -0.2) is 22.2 Å². The van der Waals surface area contributed by atoms with E-state index in [1.807, 2.05) is 0 Å². The Hall–Kier alpha value is -2.01. The Balaban J connectivity index is 2.00. The number of aryl methyl sites for hydroxylation is 1. The first-order chi connectivity index (χ1) is 12.9. The van der Waals surface area contributed by atoms with Crippen LogP contribution in [0.3, 0.4) is 0 Å². The van der Waals surface area contributed by atoms with E-state index in [0.717, 1.165) is 31.1 Å². The summed E-state index contributed by atoms with van der Waals surface area (Å²) in [6.45, 7) is 4.27. The minimum atomic E-state index is -4.46. The van der Waals surface area contributed by atoms with E-state index in [9.17, 15) is 26.3 Å². The molecule has 2 rings (SSSR count). The van der Waals surface area contributed by atoms with E-state index < -0.39 is 24.0 Å². The number of alkyl halides is 6. The number of nitrogens with one attached hydrogen (secondary N) is 2. The molecule has 0 saturated carbocycles. The number of nitrogens with zero attached hydrogens (tertiary/aromatic N) is 2. The summed E-state index contributed by atoms with van der Waals surface area (Å²) in [4.78, 5) is 8.51. The molecule has 1 unspecified atom stereocenters. The van der Waals surface area contributed by atoms with Crippen molar-refractivity contribution in [2.45, 2.75) is 50.1 Å². The Morgan fingerprint density at radius 2 is 1.68 bits per heavy atom. The van der Waals surface area contributed by atoms with Gasteiger partial charge in [0.2, 0.25) is 0 Å². The van der Waals surface area contributed by atoms with Crippen LogP contribution < -0.4 is 10.0 Å². The quantitative estimate of drug-likeness (QED) is 0.472. The molecule has 4 nitrogen and oxygen atoms in total. The molecule has 2 heterocycles.